The minimum absolute atomic E-state index is 0.399. The molecule has 8 nitrogen and oxygen atoms in total. The highest BCUT2D eigenvalue weighted by molar-refractivity contribution is 7.98. The highest BCUT2D eigenvalue weighted by Gasteiger charge is 2.16. The Morgan fingerprint density at radius 3 is 2.35 bits per heavy atom. The van der Waals surface area contributed by atoms with Crippen molar-refractivity contribution in [1.29, 1.82) is 0 Å². The van der Waals surface area contributed by atoms with Crippen LogP contribution in [0, 0.1) is 11.8 Å². The van der Waals surface area contributed by atoms with Crippen molar-refractivity contribution >= 4 is 40.2 Å². The number of aromatic nitrogens is 2. The molecule has 2 heterocycles. The number of nitrogens with two attached hydrogens (primary N) is 1. The van der Waals surface area contributed by atoms with Gasteiger partial charge in [-0.15, -0.1) is 0 Å². The van der Waals surface area contributed by atoms with Crippen LogP contribution in [-0.4, -0.2) is 45.0 Å². The third-order valence-corrected chi connectivity index (χ3v) is 6.30. The standard InChI is InChI=1S/C28H25N5O3S/c1-37-15-13-25(28(35)36)31-21-10-6-19(7-11-21)3-2-18-4-8-20(9-5-18)26-16-22(27(34)33-29)23-17-30-14-12-24(23)32-26/h4-12,14,16-17,25,31H,13,15,29H2,1H3,(H,33,34)(H,35,36). The molecule has 0 aliphatic rings. The Morgan fingerprint density at radius 2 is 1.73 bits per heavy atom. The van der Waals surface area contributed by atoms with Crippen molar-refractivity contribution in [1.82, 2.24) is 15.4 Å². The molecule has 1 amide bonds. The van der Waals surface area contributed by atoms with Gasteiger partial charge in [0.2, 0.25) is 0 Å². The molecule has 2 aromatic heterocycles. The zero-order chi connectivity index (χ0) is 26.2. The molecule has 37 heavy (non-hydrogen) atoms. The number of carbonyl (C=O) groups is 2. The number of carboxylic acid groups (broad SMARTS) is 1. The summed E-state index contributed by atoms with van der Waals surface area (Å²) in [5.74, 6) is 11.1. The van der Waals surface area contributed by atoms with E-state index in [-0.39, 0.29) is 0 Å². The minimum atomic E-state index is -0.865. The van der Waals surface area contributed by atoms with Crippen molar-refractivity contribution in [3.05, 3.63) is 89.7 Å². The summed E-state index contributed by atoms with van der Waals surface area (Å²) < 4.78 is 0. The predicted octanol–water partition coefficient (Wildman–Crippen LogP) is 3.92. The lowest BCUT2D eigenvalue weighted by molar-refractivity contribution is -0.137. The number of amides is 1. The number of benzene rings is 2. The molecular weight excluding hydrogens is 486 g/mol. The number of nitrogens with zero attached hydrogens (tertiary/aromatic N) is 2. The van der Waals surface area contributed by atoms with E-state index in [1.807, 2.05) is 54.8 Å². The fourth-order valence-corrected chi connectivity index (χ4v) is 4.17. The van der Waals surface area contributed by atoms with Gasteiger partial charge in [-0.25, -0.2) is 15.6 Å². The zero-order valence-electron chi connectivity index (χ0n) is 20.1. The number of aliphatic carboxylic acids is 1. The van der Waals surface area contributed by atoms with Crippen LogP contribution in [0.5, 0.6) is 0 Å². The molecule has 4 aromatic rings. The van der Waals surface area contributed by atoms with E-state index in [2.05, 4.69) is 32.6 Å². The minimum Gasteiger partial charge on any atom is -0.480 e. The summed E-state index contributed by atoms with van der Waals surface area (Å²) in [4.78, 5) is 32.5. The Labute approximate surface area is 218 Å². The Morgan fingerprint density at radius 1 is 1.05 bits per heavy atom. The second-order valence-electron chi connectivity index (χ2n) is 8.14. The Bertz CT molecular complexity index is 1480. The monoisotopic (exact) mass is 511 g/mol. The van der Waals surface area contributed by atoms with E-state index >= 15 is 0 Å². The van der Waals surface area contributed by atoms with Gasteiger partial charge in [0.1, 0.15) is 6.04 Å². The van der Waals surface area contributed by atoms with Gasteiger partial charge in [-0.1, -0.05) is 24.0 Å². The summed E-state index contributed by atoms with van der Waals surface area (Å²) in [6.07, 6.45) is 5.72. The summed E-state index contributed by atoms with van der Waals surface area (Å²) in [5.41, 5.74) is 7.06. The molecule has 1 unspecified atom stereocenters. The summed E-state index contributed by atoms with van der Waals surface area (Å²) in [6.45, 7) is 0. The van der Waals surface area contributed by atoms with Crippen LogP contribution in [0.4, 0.5) is 5.69 Å². The van der Waals surface area contributed by atoms with Crippen LogP contribution in [0.3, 0.4) is 0 Å². The fourth-order valence-electron chi connectivity index (χ4n) is 3.69. The van der Waals surface area contributed by atoms with Crippen LogP contribution < -0.4 is 16.6 Å². The van der Waals surface area contributed by atoms with Crippen molar-refractivity contribution in [3.63, 3.8) is 0 Å². The molecule has 1 atom stereocenters. The maximum Gasteiger partial charge on any atom is 0.326 e. The van der Waals surface area contributed by atoms with E-state index in [9.17, 15) is 14.7 Å². The van der Waals surface area contributed by atoms with E-state index in [0.29, 0.717) is 28.6 Å². The topological polar surface area (TPSA) is 130 Å². The molecule has 0 aliphatic carbocycles. The maximum atomic E-state index is 12.3. The average molecular weight is 512 g/mol. The smallest absolute Gasteiger partial charge is 0.326 e. The summed E-state index contributed by atoms with van der Waals surface area (Å²) in [7, 11) is 0. The van der Waals surface area contributed by atoms with Crippen LogP contribution >= 0.6 is 11.8 Å². The largest absolute Gasteiger partial charge is 0.480 e. The van der Waals surface area contributed by atoms with E-state index in [1.165, 1.54) is 0 Å². The summed E-state index contributed by atoms with van der Waals surface area (Å²) in [6, 6.07) is 17.8. The molecule has 5 N–H and O–H groups in total. The molecule has 0 fully saturated rings. The molecule has 0 radical (unpaired) electrons. The highest BCUT2D eigenvalue weighted by atomic mass is 32.2. The predicted molar refractivity (Wildman–Crippen MR) is 147 cm³/mol. The quantitative estimate of drug-likeness (QED) is 0.121. The van der Waals surface area contributed by atoms with Crippen LogP contribution in [0.1, 0.15) is 27.9 Å². The number of thioether (sulfide) groups is 1. The van der Waals surface area contributed by atoms with Gasteiger partial charge >= 0.3 is 5.97 Å². The number of hydrogen-bond donors (Lipinski definition) is 4. The van der Waals surface area contributed by atoms with E-state index < -0.39 is 17.9 Å². The van der Waals surface area contributed by atoms with Crippen molar-refractivity contribution in [2.24, 2.45) is 5.84 Å². The molecule has 0 saturated heterocycles. The van der Waals surface area contributed by atoms with Crippen LogP contribution in [0.2, 0.25) is 0 Å². The highest BCUT2D eigenvalue weighted by Crippen LogP contribution is 2.24. The lowest BCUT2D eigenvalue weighted by atomic mass is 10.0. The van der Waals surface area contributed by atoms with Crippen molar-refractivity contribution in [2.75, 3.05) is 17.3 Å². The molecule has 4 rings (SSSR count). The molecule has 186 valence electrons. The molecule has 2 aromatic carbocycles. The average Bonchev–Trinajstić information content (AvgIpc) is 2.93. The SMILES string of the molecule is CSCCC(Nc1ccc(C#Cc2ccc(-c3cc(C(=O)NN)c4cnccc4n3)cc2)cc1)C(=O)O. The zero-order valence-corrected chi connectivity index (χ0v) is 20.9. The van der Waals surface area contributed by atoms with Gasteiger partial charge in [-0.3, -0.25) is 15.2 Å². The van der Waals surface area contributed by atoms with Gasteiger partial charge in [-0.05, 0) is 67.0 Å². The number of carbonyl (C=O) groups excluding carboxylic acids is 1. The van der Waals surface area contributed by atoms with Crippen molar-refractivity contribution < 1.29 is 14.7 Å². The third kappa shape index (κ3) is 6.44. The molecule has 0 spiro atoms. The number of hydrazine groups is 1. The Hall–Kier alpha value is -4.39. The normalized spacial score (nSPS) is 11.3. The van der Waals surface area contributed by atoms with Gasteiger partial charge in [-0.2, -0.15) is 11.8 Å². The van der Waals surface area contributed by atoms with Gasteiger partial charge in [0.25, 0.3) is 5.91 Å². The Kier molecular flexibility index (Phi) is 8.36. The van der Waals surface area contributed by atoms with Crippen molar-refractivity contribution in [2.45, 2.75) is 12.5 Å². The van der Waals surface area contributed by atoms with Crippen molar-refractivity contribution in [3.8, 4) is 23.1 Å². The first-order valence-electron chi connectivity index (χ1n) is 11.4. The second-order valence-corrected chi connectivity index (χ2v) is 9.13. The third-order valence-electron chi connectivity index (χ3n) is 5.65. The first-order valence-corrected chi connectivity index (χ1v) is 12.8. The fraction of sp³-hybridized carbons (Fsp3) is 0.143. The lowest BCUT2D eigenvalue weighted by Crippen LogP contribution is -2.30. The van der Waals surface area contributed by atoms with E-state index in [0.717, 1.165) is 28.1 Å². The van der Waals surface area contributed by atoms with Gasteiger partial charge in [0, 0.05) is 40.2 Å². The number of nitrogen functional groups attached to an aromatic ring is 1. The van der Waals surface area contributed by atoms with E-state index in [4.69, 9.17) is 5.84 Å². The molecule has 0 aliphatic heterocycles. The van der Waals surface area contributed by atoms with Crippen LogP contribution in [-0.2, 0) is 4.79 Å². The lowest BCUT2D eigenvalue weighted by Gasteiger charge is -2.15. The van der Waals surface area contributed by atoms with Gasteiger partial charge in [0.05, 0.1) is 16.8 Å². The summed E-state index contributed by atoms with van der Waals surface area (Å²) >= 11 is 1.62. The Balaban J connectivity index is 1.50. The number of pyridine rings is 2. The maximum absolute atomic E-state index is 12.3. The van der Waals surface area contributed by atoms with E-state index in [1.54, 1.807) is 36.3 Å². The molecule has 9 heteroatoms. The number of carboxylic acids is 1. The van der Waals surface area contributed by atoms with Crippen LogP contribution in [0.15, 0.2) is 73.1 Å². The number of rotatable bonds is 8. The number of anilines is 1. The molecule has 0 bridgehead atoms. The van der Waals surface area contributed by atoms with Gasteiger partial charge in [0.15, 0.2) is 0 Å². The van der Waals surface area contributed by atoms with Gasteiger partial charge < -0.3 is 10.4 Å². The second kappa shape index (κ2) is 12.0. The number of nitrogens with one attached hydrogen (secondary N) is 2. The van der Waals surface area contributed by atoms with Crippen LogP contribution in [0.25, 0.3) is 22.2 Å². The number of fused-ring (bicyclic) bond motifs is 1. The molecule has 0 saturated carbocycles. The molecular formula is C28H25N5O3S. The first kappa shape index (κ1) is 25.7. The first-order chi connectivity index (χ1) is 18.0. The summed E-state index contributed by atoms with van der Waals surface area (Å²) in [5, 5.41) is 13.1. The number of hydrogen-bond acceptors (Lipinski definition) is 7.